The summed E-state index contributed by atoms with van der Waals surface area (Å²) in [5.74, 6) is -3.26. The summed E-state index contributed by atoms with van der Waals surface area (Å²) in [7, 11) is 1.50. The minimum Gasteiger partial charge on any atom is -0.480 e. The molecule has 1 aromatic heterocycles. The van der Waals surface area contributed by atoms with Crippen LogP contribution in [0.2, 0.25) is 0 Å². The van der Waals surface area contributed by atoms with E-state index in [0.717, 1.165) is 30.8 Å². The number of pyridine rings is 1. The first-order chi connectivity index (χ1) is 13.3. The number of nitrogens with one attached hydrogen (secondary N) is 1. The van der Waals surface area contributed by atoms with E-state index >= 15 is 0 Å². The fraction of sp³-hybridized carbons (Fsp3) is 0.684. The van der Waals surface area contributed by atoms with E-state index in [1.54, 1.807) is 0 Å². The van der Waals surface area contributed by atoms with Gasteiger partial charge in [0, 0.05) is 38.9 Å². The Morgan fingerprint density at radius 2 is 2.25 bits per heavy atom. The number of anilines is 1. The molecule has 4 N–H and O–H groups in total. The van der Waals surface area contributed by atoms with Crippen LogP contribution in [0.1, 0.15) is 30.5 Å². The fourth-order valence-electron chi connectivity index (χ4n) is 3.16. The van der Waals surface area contributed by atoms with Gasteiger partial charge in [-0.15, -0.1) is 0 Å². The third-order valence-corrected chi connectivity index (χ3v) is 4.84. The van der Waals surface area contributed by atoms with Crippen LogP contribution in [0.3, 0.4) is 0 Å². The van der Waals surface area contributed by atoms with E-state index in [0.29, 0.717) is 12.2 Å². The molecule has 0 bridgehead atoms. The molecule has 7 nitrogen and oxygen atoms in total. The van der Waals surface area contributed by atoms with Gasteiger partial charge in [-0.05, 0) is 37.3 Å². The normalized spacial score (nSPS) is 15.2. The van der Waals surface area contributed by atoms with Gasteiger partial charge in [0.25, 0.3) is 5.92 Å². The number of aliphatic carboxylic acids is 1. The third-order valence-electron chi connectivity index (χ3n) is 4.84. The minimum atomic E-state index is -2.92. The van der Waals surface area contributed by atoms with E-state index in [4.69, 9.17) is 15.6 Å². The summed E-state index contributed by atoms with van der Waals surface area (Å²) < 4.78 is 34.0. The van der Waals surface area contributed by atoms with Crippen LogP contribution < -0.4 is 11.1 Å². The van der Waals surface area contributed by atoms with E-state index in [9.17, 15) is 13.6 Å². The molecule has 1 aliphatic heterocycles. The molecule has 0 saturated carbocycles. The van der Waals surface area contributed by atoms with E-state index < -0.39 is 24.5 Å². The fourth-order valence-corrected chi connectivity index (χ4v) is 3.16. The molecule has 0 aromatic carbocycles. The Kier molecular flexibility index (Phi) is 8.53. The number of carboxylic acid groups (broad SMARTS) is 1. The molecule has 1 atom stereocenters. The summed E-state index contributed by atoms with van der Waals surface area (Å²) in [4.78, 5) is 16.8. The monoisotopic (exact) mass is 400 g/mol. The molecule has 0 saturated heterocycles. The van der Waals surface area contributed by atoms with Crippen LogP contribution in [0.4, 0.5) is 14.6 Å². The zero-order valence-corrected chi connectivity index (χ0v) is 16.3. The molecule has 0 fully saturated rings. The Balaban J connectivity index is 1.90. The summed E-state index contributed by atoms with van der Waals surface area (Å²) in [6, 6.07) is 2.71. The minimum absolute atomic E-state index is 0.104. The number of aryl methyl sites for hydroxylation is 2. The molecule has 2 heterocycles. The molecular formula is C19H30F2N4O3. The summed E-state index contributed by atoms with van der Waals surface area (Å²) in [5.41, 5.74) is 7.26. The first-order valence-corrected chi connectivity index (χ1v) is 9.61. The molecule has 1 aromatic rings. The maximum atomic E-state index is 14.5. The number of hydrogen-bond donors (Lipinski definition) is 3. The van der Waals surface area contributed by atoms with E-state index in [1.807, 2.05) is 12.1 Å². The lowest BCUT2D eigenvalue weighted by molar-refractivity contribution is -0.138. The topological polar surface area (TPSA) is 101 Å². The highest BCUT2D eigenvalue weighted by Crippen LogP contribution is 2.25. The molecule has 0 spiro atoms. The maximum Gasteiger partial charge on any atom is 0.320 e. The van der Waals surface area contributed by atoms with Gasteiger partial charge in [0.05, 0.1) is 13.2 Å². The van der Waals surface area contributed by atoms with Gasteiger partial charge in [-0.3, -0.25) is 9.69 Å². The van der Waals surface area contributed by atoms with Crippen molar-refractivity contribution in [2.75, 3.05) is 45.2 Å². The van der Waals surface area contributed by atoms with Crippen LogP contribution in [-0.2, 0) is 22.4 Å². The second-order valence-electron chi connectivity index (χ2n) is 7.20. The molecule has 2 rings (SSSR count). The van der Waals surface area contributed by atoms with Gasteiger partial charge in [0.15, 0.2) is 0 Å². The Morgan fingerprint density at radius 1 is 1.46 bits per heavy atom. The standard InChI is InChI=1S/C19H30F2N4O3/c1-28-12-11-25(10-7-16(22)18(26)27)13-19(20,21)8-6-15-5-4-14-3-2-9-23-17(14)24-15/h4-5,16H,2-3,6-13,22H2,1H3,(H,23,24)(H,26,27)/t16-/m0/s1. The van der Waals surface area contributed by atoms with Gasteiger partial charge in [0.1, 0.15) is 11.9 Å². The molecule has 9 heteroatoms. The number of alkyl halides is 2. The highest BCUT2D eigenvalue weighted by atomic mass is 19.3. The summed E-state index contributed by atoms with van der Waals surface area (Å²) in [6.45, 7) is 1.14. The number of carbonyl (C=O) groups is 1. The molecule has 0 aliphatic carbocycles. The highest BCUT2D eigenvalue weighted by molar-refractivity contribution is 5.72. The number of methoxy groups -OCH3 is 1. The number of halogens is 2. The number of nitrogens with two attached hydrogens (primary N) is 1. The second-order valence-corrected chi connectivity index (χ2v) is 7.20. The SMILES string of the molecule is COCCN(CC[C@H](N)C(=O)O)CC(F)(F)CCc1ccc2c(n1)NCCC2. The molecule has 1 aliphatic rings. The average molecular weight is 400 g/mol. The second kappa shape index (κ2) is 10.6. The van der Waals surface area contributed by atoms with Crippen molar-refractivity contribution in [2.24, 2.45) is 5.73 Å². The lowest BCUT2D eigenvalue weighted by atomic mass is 10.0. The van der Waals surface area contributed by atoms with Gasteiger partial charge in [-0.1, -0.05) is 6.07 Å². The molecular weight excluding hydrogens is 370 g/mol. The van der Waals surface area contributed by atoms with E-state index in [-0.39, 0.29) is 32.4 Å². The maximum absolute atomic E-state index is 14.5. The number of ether oxygens (including phenoxy) is 1. The lowest BCUT2D eigenvalue weighted by Crippen LogP contribution is -2.42. The van der Waals surface area contributed by atoms with Gasteiger partial charge >= 0.3 is 5.97 Å². The molecule has 0 radical (unpaired) electrons. The van der Waals surface area contributed by atoms with Crippen molar-refractivity contribution in [1.82, 2.24) is 9.88 Å². The first-order valence-electron chi connectivity index (χ1n) is 9.61. The predicted molar refractivity (Wildman–Crippen MR) is 103 cm³/mol. The Morgan fingerprint density at radius 3 is 2.96 bits per heavy atom. The van der Waals surface area contributed by atoms with Crippen LogP contribution in [0, 0.1) is 0 Å². The van der Waals surface area contributed by atoms with Gasteiger partial charge in [-0.25, -0.2) is 13.8 Å². The van der Waals surface area contributed by atoms with E-state index in [2.05, 4.69) is 10.3 Å². The molecule has 0 unspecified atom stereocenters. The number of fused-ring (bicyclic) bond motifs is 1. The highest BCUT2D eigenvalue weighted by Gasteiger charge is 2.32. The third kappa shape index (κ3) is 7.29. The van der Waals surface area contributed by atoms with Crippen molar-refractivity contribution in [2.45, 2.75) is 44.1 Å². The largest absolute Gasteiger partial charge is 0.480 e. The number of rotatable bonds is 12. The Hall–Kier alpha value is -1.84. The summed E-state index contributed by atoms with van der Waals surface area (Å²) in [6.07, 6.45) is 1.96. The number of aromatic nitrogens is 1. The summed E-state index contributed by atoms with van der Waals surface area (Å²) in [5, 5.41) is 12.1. The molecule has 158 valence electrons. The molecule has 28 heavy (non-hydrogen) atoms. The Bertz CT molecular complexity index is 646. The van der Waals surface area contributed by atoms with Crippen molar-refractivity contribution >= 4 is 11.8 Å². The van der Waals surface area contributed by atoms with Crippen molar-refractivity contribution in [3.05, 3.63) is 23.4 Å². The smallest absolute Gasteiger partial charge is 0.320 e. The van der Waals surface area contributed by atoms with Crippen molar-refractivity contribution in [1.29, 1.82) is 0 Å². The zero-order chi connectivity index (χ0) is 20.6. The molecule has 0 amide bonds. The zero-order valence-electron chi connectivity index (χ0n) is 16.3. The van der Waals surface area contributed by atoms with Crippen LogP contribution in [0.5, 0.6) is 0 Å². The van der Waals surface area contributed by atoms with Crippen LogP contribution in [-0.4, -0.2) is 72.8 Å². The summed E-state index contributed by atoms with van der Waals surface area (Å²) >= 11 is 0. The average Bonchev–Trinajstić information content (AvgIpc) is 2.67. The van der Waals surface area contributed by atoms with Crippen LogP contribution in [0.25, 0.3) is 0 Å². The quantitative estimate of drug-likeness (QED) is 0.491. The van der Waals surface area contributed by atoms with Gasteiger partial charge in [0.2, 0.25) is 0 Å². The predicted octanol–water partition coefficient (Wildman–Crippen LogP) is 1.76. The number of nitrogens with zero attached hydrogens (tertiary/aromatic N) is 2. The van der Waals surface area contributed by atoms with Gasteiger partial charge in [-0.2, -0.15) is 0 Å². The lowest BCUT2D eigenvalue weighted by Gasteiger charge is -2.27. The van der Waals surface area contributed by atoms with Crippen molar-refractivity contribution < 1.29 is 23.4 Å². The van der Waals surface area contributed by atoms with Crippen LogP contribution in [0.15, 0.2) is 12.1 Å². The first kappa shape index (κ1) is 22.4. The number of carboxylic acids is 1. The van der Waals surface area contributed by atoms with E-state index in [1.165, 1.54) is 12.0 Å². The Labute approximate surface area is 164 Å². The number of hydrogen-bond acceptors (Lipinski definition) is 6. The van der Waals surface area contributed by atoms with Crippen LogP contribution >= 0.6 is 0 Å². The van der Waals surface area contributed by atoms with Crippen molar-refractivity contribution in [3.8, 4) is 0 Å². The van der Waals surface area contributed by atoms with Gasteiger partial charge < -0.3 is 20.9 Å². The van der Waals surface area contributed by atoms with Crippen molar-refractivity contribution in [3.63, 3.8) is 0 Å².